The third-order valence-corrected chi connectivity index (χ3v) is 2.89. The van der Waals surface area contributed by atoms with E-state index in [1.807, 2.05) is 6.26 Å². The predicted molar refractivity (Wildman–Crippen MR) is 75.5 cm³/mol. The lowest BCUT2D eigenvalue weighted by Gasteiger charge is -2.15. The number of pyridine rings is 1. The Hall–Kier alpha value is -1.51. The topological polar surface area (TPSA) is 59.2 Å². The lowest BCUT2D eigenvalue weighted by atomic mass is 10.2. The average Bonchev–Trinajstić information content (AvgIpc) is 2.42. The molecule has 0 spiro atoms. The van der Waals surface area contributed by atoms with Crippen molar-refractivity contribution in [2.24, 2.45) is 5.73 Å². The summed E-state index contributed by atoms with van der Waals surface area (Å²) >= 11 is 1.71. The molecule has 1 aromatic heterocycles. The maximum atomic E-state index is 12.0. The summed E-state index contributed by atoms with van der Waals surface area (Å²) in [5.41, 5.74) is 6.49. The van der Waals surface area contributed by atoms with Crippen LogP contribution in [0.3, 0.4) is 0 Å². The summed E-state index contributed by atoms with van der Waals surface area (Å²) < 4.78 is 0. The van der Waals surface area contributed by atoms with Crippen LogP contribution in [-0.2, 0) is 0 Å². The first kappa shape index (κ1) is 14.6. The summed E-state index contributed by atoms with van der Waals surface area (Å²) in [4.78, 5) is 17.8. The summed E-state index contributed by atoms with van der Waals surface area (Å²) in [5.74, 6) is 6.46. The molecule has 0 aliphatic heterocycles. The standard InChI is InChI=1S/C13H17N3OS/c1-16(8-9-18-2)13(17)12-6-5-11(10-15-12)4-3-7-14/h5-6,10H,7-9,14H2,1-2H3. The molecule has 4 nitrogen and oxygen atoms in total. The van der Waals surface area contributed by atoms with Gasteiger partial charge in [-0.1, -0.05) is 11.8 Å². The van der Waals surface area contributed by atoms with Crippen molar-refractivity contribution in [1.82, 2.24) is 9.88 Å². The number of amides is 1. The second-order valence-electron chi connectivity index (χ2n) is 3.66. The SMILES string of the molecule is CSCCN(C)C(=O)c1ccc(C#CCN)cn1. The summed E-state index contributed by atoms with van der Waals surface area (Å²) in [5, 5.41) is 0. The molecule has 96 valence electrons. The van der Waals surface area contributed by atoms with E-state index in [0.29, 0.717) is 12.2 Å². The van der Waals surface area contributed by atoms with Gasteiger partial charge in [-0.3, -0.25) is 4.79 Å². The Morgan fingerprint density at radius 1 is 1.56 bits per heavy atom. The molecule has 0 aromatic carbocycles. The zero-order valence-corrected chi connectivity index (χ0v) is 11.5. The van der Waals surface area contributed by atoms with Gasteiger partial charge in [-0.15, -0.1) is 0 Å². The molecule has 0 fully saturated rings. The van der Waals surface area contributed by atoms with Crippen LogP contribution >= 0.6 is 11.8 Å². The molecule has 1 heterocycles. The lowest BCUT2D eigenvalue weighted by molar-refractivity contribution is 0.0798. The van der Waals surface area contributed by atoms with Crippen molar-refractivity contribution in [3.8, 4) is 11.8 Å². The molecular weight excluding hydrogens is 246 g/mol. The molecule has 1 amide bonds. The molecule has 0 radical (unpaired) electrons. The van der Waals surface area contributed by atoms with Crippen LogP contribution in [0.25, 0.3) is 0 Å². The van der Waals surface area contributed by atoms with Crippen molar-refractivity contribution < 1.29 is 4.79 Å². The number of rotatable bonds is 4. The van der Waals surface area contributed by atoms with Crippen molar-refractivity contribution in [2.75, 3.05) is 32.1 Å². The number of thioether (sulfide) groups is 1. The Bertz CT molecular complexity index is 448. The minimum absolute atomic E-state index is 0.0672. The maximum absolute atomic E-state index is 12.0. The normalized spacial score (nSPS) is 9.50. The molecule has 0 unspecified atom stereocenters. The van der Waals surface area contributed by atoms with Crippen LogP contribution in [0, 0.1) is 11.8 Å². The fraction of sp³-hybridized carbons (Fsp3) is 0.385. The number of carbonyl (C=O) groups excluding carboxylic acids is 1. The van der Waals surface area contributed by atoms with Crippen LogP contribution < -0.4 is 5.73 Å². The van der Waals surface area contributed by atoms with Gasteiger partial charge in [0.25, 0.3) is 5.91 Å². The maximum Gasteiger partial charge on any atom is 0.272 e. The van der Waals surface area contributed by atoms with Gasteiger partial charge in [-0.25, -0.2) is 4.98 Å². The zero-order chi connectivity index (χ0) is 13.4. The number of nitrogens with two attached hydrogens (primary N) is 1. The molecular formula is C13H17N3OS. The van der Waals surface area contributed by atoms with Crippen LogP contribution in [-0.4, -0.2) is 47.9 Å². The third kappa shape index (κ3) is 4.40. The van der Waals surface area contributed by atoms with Gasteiger partial charge < -0.3 is 10.6 Å². The van der Waals surface area contributed by atoms with E-state index in [2.05, 4.69) is 16.8 Å². The molecule has 0 saturated heterocycles. The minimum Gasteiger partial charge on any atom is -0.340 e. The first-order valence-corrected chi connectivity index (χ1v) is 6.97. The van der Waals surface area contributed by atoms with Crippen LogP contribution in [0.4, 0.5) is 0 Å². The lowest BCUT2D eigenvalue weighted by Crippen LogP contribution is -2.29. The van der Waals surface area contributed by atoms with E-state index in [1.54, 1.807) is 42.0 Å². The zero-order valence-electron chi connectivity index (χ0n) is 10.6. The van der Waals surface area contributed by atoms with E-state index in [9.17, 15) is 4.79 Å². The highest BCUT2D eigenvalue weighted by Crippen LogP contribution is 2.03. The predicted octanol–water partition coefficient (Wildman–Crippen LogP) is 0.827. The van der Waals surface area contributed by atoms with Gasteiger partial charge in [0.05, 0.1) is 6.54 Å². The smallest absolute Gasteiger partial charge is 0.272 e. The van der Waals surface area contributed by atoms with E-state index in [4.69, 9.17) is 5.73 Å². The van der Waals surface area contributed by atoms with Crippen molar-refractivity contribution in [3.05, 3.63) is 29.6 Å². The Morgan fingerprint density at radius 3 is 2.89 bits per heavy atom. The summed E-state index contributed by atoms with van der Waals surface area (Å²) in [6, 6.07) is 3.48. The molecule has 0 atom stereocenters. The average molecular weight is 263 g/mol. The largest absolute Gasteiger partial charge is 0.340 e. The Labute approximate surface area is 112 Å². The third-order valence-electron chi connectivity index (χ3n) is 2.29. The number of hydrogen-bond donors (Lipinski definition) is 1. The number of hydrogen-bond acceptors (Lipinski definition) is 4. The van der Waals surface area contributed by atoms with Gasteiger partial charge >= 0.3 is 0 Å². The van der Waals surface area contributed by atoms with Crippen LogP contribution in [0.15, 0.2) is 18.3 Å². The Balaban J connectivity index is 2.69. The summed E-state index contributed by atoms with van der Waals surface area (Å²) in [7, 11) is 1.78. The second kappa shape index (κ2) is 7.75. The van der Waals surface area contributed by atoms with E-state index < -0.39 is 0 Å². The van der Waals surface area contributed by atoms with Crippen LogP contribution in [0.5, 0.6) is 0 Å². The van der Waals surface area contributed by atoms with E-state index >= 15 is 0 Å². The molecule has 5 heteroatoms. The highest BCUT2D eigenvalue weighted by Gasteiger charge is 2.11. The van der Waals surface area contributed by atoms with Gasteiger partial charge in [0.1, 0.15) is 5.69 Å². The minimum atomic E-state index is -0.0672. The molecule has 0 aliphatic rings. The van der Waals surface area contributed by atoms with Crippen molar-refractivity contribution in [1.29, 1.82) is 0 Å². The van der Waals surface area contributed by atoms with Gasteiger partial charge in [-0.2, -0.15) is 11.8 Å². The number of aromatic nitrogens is 1. The fourth-order valence-corrected chi connectivity index (χ4v) is 1.73. The van der Waals surface area contributed by atoms with E-state index in [1.165, 1.54) is 0 Å². The number of nitrogens with zero attached hydrogens (tertiary/aromatic N) is 2. The molecule has 18 heavy (non-hydrogen) atoms. The highest BCUT2D eigenvalue weighted by atomic mass is 32.2. The quantitative estimate of drug-likeness (QED) is 0.817. The Morgan fingerprint density at radius 2 is 2.33 bits per heavy atom. The van der Waals surface area contributed by atoms with Crippen molar-refractivity contribution in [3.63, 3.8) is 0 Å². The van der Waals surface area contributed by atoms with Crippen molar-refractivity contribution >= 4 is 17.7 Å². The van der Waals surface area contributed by atoms with Gasteiger partial charge in [0.2, 0.25) is 0 Å². The Kier molecular flexibility index (Phi) is 6.26. The molecule has 1 aromatic rings. The molecule has 0 saturated carbocycles. The first-order valence-electron chi connectivity index (χ1n) is 5.58. The molecule has 0 bridgehead atoms. The summed E-state index contributed by atoms with van der Waals surface area (Å²) in [6.07, 6.45) is 3.61. The molecule has 1 rings (SSSR count). The van der Waals surface area contributed by atoms with E-state index in [0.717, 1.165) is 17.9 Å². The van der Waals surface area contributed by atoms with Gasteiger partial charge in [0.15, 0.2) is 0 Å². The highest BCUT2D eigenvalue weighted by molar-refractivity contribution is 7.98. The van der Waals surface area contributed by atoms with Crippen LogP contribution in [0.1, 0.15) is 16.1 Å². The monoisotopic (exact) mass is 263 g/mol. The summed E-state index contributed by atoms with van der Waals surface area (Å²) in [6.45, 7) is 1.04. The molecule has 0 aliphatic carbocycles. The van der Waals surface area contributed by atoms with Gasteiger partial charge in [-0.05, 0) is 18.4 Å². The van der Waals surface area contributed by atoms with Crippen LogP contribution in [0.2, 0.25) is 0 Å². The van der Waals surface area contributed by atoms with Crippen molar-refractivity contribution in [2.45, 2.75) is 0 Å². The first-order chi connectivity index (χ1) is 8.69. The number of carbonyl (C=O) groups is 1. The molecule has 2 N–H and O–H groups in total. The van der Waals surface area contributed by atoms with Gasteiger partial charge in [0, 0.05) is 31.1 Å². The second-order valence-corrected chi connectivity index (χ2v) is 4.64. The van der Waals surface area contributed by atoms with E-state index in [-0.39, 0.29) is 5.91 Å². The fourth-order valence-electron chi connectivity index (χ4n) is 1.27.